The number of nitrogens with one attached hydrogen (secondary N) is 1. The van der Waals surface area contributed by atoms with Crippen LogP contribution < -0.4 is 5.32 Å². The van der Waals surface area contributed by atoms with E-state index in [2.05, 4.69) is 5.32 Å². The SMILES string of the molecule is COCCCNCC(O)CS(=O)(=O)c1ccccc1. The molecule has 0 aliphatic rings. The molecule has 0 radical (unpaired) electrons. The monoisotopic (exact) mass is 287 g/mol. The summed E-state index contributed by atoms with van der Waals surface area (Å²) in [6.45, 7) is 1.59. The Hall–Kier alpha value is -0.950. The van der Waals surface area contributed by atoms with Crippen molar-refractivity contribution in [2.24, 2.45) is 0 Å². The molecule has 0 aliphatic carbocycles. The van der Waals surface area contributed by atoms with Crippen molar-refractivity contribution < 1.29 is 18.3 Å². The summed E-state index contributed by atoms with van der Waals surface area (Å²) in [4.78, 5) is 0.244. The summed E-state index contributed by atoms with van der Waals surface area (Å²) in [5.74, 6) is -0.270. The molecule has 0 fully saturated rings. The van der Waals surface area contributed by atoms with Crippen LogP contribution in [-0.4, -0.2) is 52.2 Å². The second-order valence-electron chi connectivity index (χ2n) is 4.30. The second kappa shape index (κ2) is 8.27. The van der Waals surface area contributed by atoms with Gasteiger partial charge in [-0.1, -0.05) is 18.2 Å². The van der Waals surface area contributed by atoms with E-state index < -0.39 is 15.9 Å². The fraction of sp³-hybridized carbons (Fsp3) is 0.538. The van der Waals surface area contributed by atoms with Crippen molar-refractivity contribution in [2.75, 3.05) is 32.6 Å². The lowest BCUT2D eigenvalue weighted by Crippen LogP contribution is -2.33. The number of rotatable bonds is 9. The molecule has 1 rings (SSSR count). The van der Waals surface area contributed by atoms with Gasteiger partial charge in [-0.2, -0.15) is 0 Å². The average Bonchev–Trinajstić information content (AvgIpc) is 2.39. The molecule has 0 amide bonds. The molecule has 5 nitrogen and oxygen atoms in total. The van der Waals surface area contributed by atoms with Crippen molar-refractivity contribution in [1.82, 2.24) is 5.32 Å². The molecule has 1 aromatic carbocycles. The summed E-state index contributed by atoms with van der Waals surface area (Å²) >= 11 is 0. The minimum Gasteiger partial charge on any atom is -0.391 e. The van der Waals surface area contributed by atoms with Gasteiger partial charge in [0.1, 0.15) is 0 Å². The topological polar surface area (TPSA) is 75.6 Å². The van der Waals surface area contributed by atoms with Crippen LogP contribution >= 0.6 is 0 Å². The largest absolute Gasteiger partial charge is 0.391 e. The molecular weight excluding hydrogens is 266 g/mol. The summed E-state index contributed by atoms with van der Waals surface area (Å²) in [5.41, 5.74) is 0. The van der Waals surface area contributed by atoms with E-state index in [1.807, 2.05) is 0 Å². The molecule has 0 aromatic heterocycles. The van der Waals surface area contributed by atoms with Gasteiger partial charge in [0.05, 0.1) is 16.8 Å². The van der Waals surface area contributed by atoms with Crippen LogP contribution in [0.3, 0.4) is 0 Å². The van der Waals surface area contributed by atoms with Gasteiger partial charge in [0.25, 0.3) is 0 Å². The van der Waals surface area contributed by atoms with Crippen molar-refractivity contribution in [3.8, 4) is 0 Å². The van der Waals surface area contributed by atoms with Crippen LogP contribution in [0.1, 0.15) is 6.42 Å². The van der Waals surface area contributed by atoms with Crippen molar-refractivity contribution >= 4 is 9.84 Å². The molecule has 0 aliphatic heterocycles. The smallest absolute Gasteiger partial charge is 0.180 e. The zero-order chi connectivity index (χ0) is 14.1. The molecule has 0 heterocycles. The molecular formula is C13H21NO4S. The summed E-state index contributed by atoms with van der Waals surface area (Å²) in [7, 11) is -1.80. The summed E-state index contributed by atoms with van der Waals surface area (Å²) in [5, 5.41) is 12.7. The number of aliphatic hydroxyl groups excluding tert-OH is 1. The van der Waals surface area contributed by atoms with Gasteiger partial charge in [-0.25, -0.2) is 8.42 Å². The van der Waals surface area contributed by atoms with E-state index in [1.54, 1.807) is 25.3 Å². The second-order valence-corrected chi connectivity index (χ2v) is 6.33. The quantitative estimate of drug-likeness (QED) is 0.645. The zero-order valence-electron chi connectivity index (χ0n) is 11.1. The lowest BCUT2D eigenvalue weighted by molar-refractivity contribution is 0.180. The lowest BCUT2D eigenvalue weighted by atomic mass is 10.4. The predicted octanol–water partition coefficient (Wildman–Crippen LogP) is 0.447. The number of benzene rings is 1. The molecule has 19 heavy (non-hydrogen) atoms. The third kappa shape index (κ3) is 6.15. The van der Waals surface area contributed by atoms with Crippen molar-refractivity contribution in [2.45, 2.75) is 17.4 Å². The first-order chi connectivity index (χ1) is 9.06. The Morgan fingerprint density at radius 1 is 1.32 bits per heavy atom. The normalized spacial score (nSPS) is 13.4. The maximum Gasteiger partial charge on any atom is 0.180 e. The fourth-order valence-corrected chi connectivity index (χ4v) is 3.04. The minimum absolute atomic E-state index is 0.244. The van der Waals surface area contributed by atoms with Crippen LogP contribution in [0.25, 0.3) is 0 Å². The Balaban J connectivity index is 2.37. The van der Waals surface area contributed by atoms with E-state index in [1.165, 1.54) is 12.1 Å². The number of methoxy groups -OCH3 is 1. The fourth-order valence-electron chi connectivity index (χ4n) is 1.65. The van der Waals surface area contributed by atoms with Crippen LogP contribution in [-0.2, 0) is 14.6 Å². The Labute approximate surface area is 114 Å². The van der Waals surface area contributed by atoms with Gasteiger partial charge in [-0.05, 0) is 25.1 Å². The minimum atomic E-state index is -3.42. The van der Waals surface area contributed by atoms with E-state index in [0.717, 1.165) is 6.42 Å². The molecule has 0 saturated heterocycles. The molecule has 1 aromatic rings. The summed E-state index contributed by atoms with van der Waals surface area (Å²) in [6.07, 6.45) is -0.0815. The number of sulfone groups is 1. The zero-order valence-corrected chi connectivity index (χ0v) is 11.9. The predicted molar refractivity (Wildman–Crippen MR) is 73.9 cm³/mol. The van der Waals surface area contributed by atoms with E-state index in [9.17, 15) is 13.5 Å². The number of hydrogen-bond donors (Lipinski definition) is 2. The standard InChI is InChI=1S/C13H21NO4S/c1-18-9-5-8-14-10-12(15)11-19(16,17)13-6-3-2-4-7-13/h2-4,6-7,12,14-15H,5,8-11H2,1H3. The molecule has 108 valence electrons. The highest BCUT2D eigenvalue weighted by Crippen LogP contribution is 2.10. The maximum atomic E-state index is 12.0. The van der Waals surface area contributed by atoms with Crippen LogP contribution in [0, 0.1) is 0 Å². The van der Waals surface area contributed by atoms with Gasteiger partial charge in [-0.3, -0.25) is 0 Å². The summed E-state index contributed by atoms with van der Waals surface area (Å²) < 4.78 is 28.8. The van der Waals surface area contributed by atoms with Crippen LogP contribution in [0.15, 0.2) is 35.2 Å². The highest BCUT2D eigenvalue weighted by atomic mass is 32.2. The van der Waals surface area contributed by atoms with E-state index in [-0.39, 0.29) is 17.2 Å². The first-order valence-electron chi connectivity index (χ1n) is 6.22. The van der Waals surface area contributed by atoms with Crippen LogP contribution in [0.5, 0.6) is 0 Å². The van der Waals surface area contributed by atoms with E-state index in [0.29, 0.717) is 13.2 Å². The lowest BCUT2D eigenvalue weighted by Gasteiger charge is -2.12. The number of hydrogen-bond acceptors (Lipinski definition) is 5. The number of ether oxygens (including phenoxy) is 1. The van der Waals surface area contributed by atoms with Gasteiger partial charge < -0.3 is 15.2 Å². The highest BCUT2D eigenvalue weighted by molar-refractivity contribution is 7.91. The molecule has 0 spiro atoms. The third-order valence-corrected chi connectivity index (χ3v) is 4.41. The molecule has 1 unspecified atom stereocenters. The van der Waals surface area contributed by atoms with Crippen molar-refractivity contribution in [3.63, 3.8) is 0 Å². The maximum absolute atomic E-state index is 12.0. The van der Waals surface area contributed by atoms with Crippen LogP contribution in [0.2, 0.25) is 0 Å². The van der Waals surface area contributed by atoms with Gasteiger partial charge in [-0.15, -0.1) is 0 Å². The Morgan fingerprint density at radius 3 is 2.63 bits per heavy atom. The third-order valence-electron chi connectivity index (χ3n) is 2.60. The molecule has 0 saturated carbocycles. The Kier molecular flexibility index (Phi) is 7.01. The first-order valence-corrected chi connectivity index (χ1v) is 7.87. The molecule has 0 bridgehead atoms. The number of aliphatic hydroxyl groups is 1. The Bertz CT molecular complexity index is 447. The van der Waals surface area contributed by atoms with Gasteiger partial charge in [0, 0.05) is 20.3 Å². The molecule has 1 atom stereocenters. The van der Waals surface area contributed by atoms with E-state index in [4.69, 9.17) is 4.74 Å². The summed E-state index contributed by atoms with van der Waals surface area (Å²) in [6, 6.07) is 8.17. The molecule has 2 N–H and O–H groups in total. The molecule has 6 heteroatoms. The van der Waals surface area contributed by atoms with Gasteiger partial charge >= 0.3 is 0 Å². The van der Waals surface area contributed by atoms with Crippen molar-refractivity contribution in [3.05, 3.63) is 30.3 Å². The first kappa shape index (κ1) is 16.1. The van der Waals surface area contributed by atoms with Crippen molar-refractivity contribution in [1.29, 1.82) is 0 Å². The highest BCUT2D eigenvalue weighted by Gasteiger charge is 2.18. The van der Waals surface area contributed by atoms with Gasteiger partial charge in [0.2, 0.25) is 0 Å². The Morgan fingerprint density at radius 2 is 2.00 bits per heavy atom. The average molecular weight is 287 g/mol. The van der Waals surface area contributed by atoms with Gasteiger partial charge in [0.15, 0.2) is 9.84 Å². The van der Waals surface area contributed by atoms with Crippen LogP contribution in [0.4, 0.5) is 0 Å². The van der Waals surface area contributed by atoms with E-state index >= 15 is 0 Å².